The molecule has 1 saturated carbocycles. The van der Waals surface area contributed by atoms with Gasteiger partial charge in [-0.3, -0.25) is 0 Å². The van der Waals surface area contributed by atoms with Gasteiger partial charge in [0.2, 0.25) is 0 Å². The fraction of sp³-hybridized carbons (Fsp3) is 0.700. The fourth-order valence-electron chi connectivity index (χ4n) is 2.15. The molecule has 1 aromatic heterocycles. The highest BCUT2D eigenvalue weighted by Crippen LogP contribution is 2.26. The molecule has 1 aliphatic carbocycles. The smallest absolute Gasteiger partial charge is 0.108 e. The molecule has 1 aliphatic rings. The summed E-state index contributed by atoms with van der Waals surface area (Å²) in [6.07, 6.45) is 8.65. The lowest BCUT2D eigenvalue weighted by molar-refractivity contribution is 0.462. The van der Waals surface area contributed by atoms with Gasteiger partial charge in [0.1, 0.15) is 5.82 Å². The lowest BCUT2D eigenvalue weighted by Gasteiger charge is -2.14. The van der Waals surface area contributed by atoms with E-state index in [2.05, 4.69) is 9.55 Å². The van der Waals surface area contributed by atoms with Gasteiger partial charge in [-0.2, -0.15) is 0 Å². The van der Waals surface area contributed by atoms with E-state index in [1.807, 2.05) is 19.4 Å². The summed E-state index contributed by atoms with van der Waals surface area (Å²) in [6.45, 7) is 0. The van der Waals surface area contributed by atoms with Crippen LogP contribution in [0.4, 0.5) is 0 Å². The van der Waals surface area contributed by atoms with E-state index in [0.717, 1.165) is 6.42 Å². The van der Waals surface area contributed by atoms with Gasteiger partial charge < -0.3 is 10.3 Å². The van der Waals surface area contributed by atoms with Gasteiger partial charge in [-0.1, -0.05) is 6.42 Å². The Kier molecular flexibility index (Phi) is 2.36. The molecule has 0 amide bonds. The molecule has 0 saturated heterocycles. The van der Waals surface area contributed by atoms with Crippen molar-refractivity contribution < 1.29 is 0 Å². The van der Waals surface area contributed by atoms with Crippen molar-refractivity contribution in [2.24, 2.45) is 18.7 Å². The monoisotopic (exact) mass is 179 g/mol. The van der Waals surface area contributed by atoms with Gasteiger partial charge in [0.15, 0.2) is 0 Å². The second kappa shape index (κ2) is 3.50. The zero-order valence-corrected chi connectivity index (χ0v) is 8.11. The molecule has 72 valence electrons. The molecule has 2 atom stereocenters. The maximum absolute atomic E-state index is 6.01. The second-order valence-electron chi connectivity index (χ2n) is 4.01. The average Bonchev–Trinajstić information content (AvgIpc) is 2.65. The third-order valence-corrected chi connectivity index (χ3v) is 3.08. The molecule has 0 aliphatic heterocycles. The molecule has 1 aromatic rings. The lowest BCUT2D eigenvalue weighted by atomic mass is 10.00. The number of hydrogen-bond donors (Lipinski definition) is 1. The first-order chi connectivity index (χ1) is 6.27. The van der Waals surface area contributed by atoms with Crippen LogP contribution in [0.25, 0.3) is 0 Å². The Morgan fingerprint density at radius 3 is 3.00 bits per heavy atom. The van der Waals surface area contributed by atoms with E-state index in [-0.39, 0.29) is 0 Å². The van der Waals surface area contributed by atoms with E-state index in [9.17, 15) is 0 Å². The Hall–Kier alpha value is -0.830. The van der Waals surface area contributed by atoms with Crippen LogP contribution in [-0.4, -0.2) is 15.6 Å². The molecule has 0 radical (unpaired) electrons. The SMILES string of the molecule is Cn1ccnc1CC1CCCC1N. The minimum Gasteiger partial charge on any atom is -0.338 e. The minimum absolute atomic E-state index is 0.400. The molecule has 0 aromatic carbocycles. The molecule has 2 N–H and O–H groups in total. The number of rotatable bonds is 2. The van der Waals surface area contributed by atoms with Gasteiger partial charge in [0, 0.05) is 31.9 Å². The number of hydrogen-bond acceptors (Lipinski definition) is 2. The highest BCUT2D eigenvalue weighted by Gasteiger charge is 2.24. The zero-order chi connectivity index (χ0) is 9.26. The summed E-state index contributed by atoms with van der Waals surface area (Å²) in [4.78, 5) is 4.32. The largest absolute Gasteiger partial charge is 0.338 e. The number of aryl methyl sites for hydroxylation is 1. The Morgan fingerprint density at radius 2 is 2.46 bits per heavy atom. The van der Waals surface area contributed by atoms with E-state index in [4.69, 9.17) is 5.73 Å². The highest BCUT2D eigenvalue weighted by molar-refractivity contribution is 4.96. The van der Waals surface area contributed by atoms with Gasteiger partial charge in [0.05, 0.1) is 0 Å². The maximum Gasteiger partial charge on any atom is 0.108 e. The third-order valence-electron chi connectivity index (χ3n) is 3.08. The van der Waals surface area contributed by atoms with Crippen molar-refractivity contribution in [2.45, 2.75) is 31.7 Å². The topological polar surface area (TPSA) is 43.8 Å². The Balaban J connectivity index is 2.01. The van der Waals surface area contributed by atoms with Crippen molar-refractivity contribution in [3.05, 3.63) is 18.2 Å². The van der Waals surface area contributed by atoms with Crippen LogP contribution in [0.2, 0.25) is 0 Å². The first kappa shape index (κ1) is 8.75. The molecule has 3 nitrogen and oxygen atoms in total. The standard InChI is InChI=1S/C10H17N3/c1-13-6-5-12-10(13)7-8-3-2-4-9(8)11/h5-6,8-9H,2-4,7,11H2,1H3. The summed E-state index contributed by atoms with van der Waals surface area (Å²) >= 11 is 0. The van der Waals surface area contributed by atoms with E-state index in [1.165, 1.54) is 25.1 Å². The number of nitrogens with zero attached hydrogens (tertiary/aromatic N) is 2. The summed E-state index contributed by atoms with van der Waals surface area (Å²) in [5.41, 5.74) is 6.01. The normalized spacial score (nSPS) is 28.2. The van der Waals surface area contributed by atoms with Crippen LogP contribution in [0.1, 0.15) is 25.1 Å². The van der Waals surface area contributed by atoms with E-state index < -0.39 is 0 Å². The fourth-order valence-corrected chi connectivity index (χ4v) is 2.15. The predicted molar refractivity (Wildman–Crippen MR) is 52.2 cm³/mol. The van der Waals surface area contributed by atoms with Crippen LogP contribution < -0.4 is 5.73 Å². The summed E-state index contributed by atoms with van der Waals surface area (Å²) in [6, 6.07) is 0.400. The number of nitrogens with two attached hydrogens (primary N) is 1. The molecule has 0 bridgehead atoms. The molecule has 2 rings (SSSR count). The van der Waals surface area contributed by atoms with E-state index in [1.54, 1.807) is 0 Å². The van der Waals surface area contributed by atoms with Crippen molar-refractivity contribution in [1.29, 1.82) is 0 Å². The minimum atomic E-state index is 0.400. The Labute approximate surface area is 79.0 Å². The van der Waals surface area contributed by atoms with Crippen LogP contribution in [0.5, 0.6) is 0 Å². The second-order valence-corrected chi connectivity index (χ2v) is 4.01. The summed E-state index contributed by atoms with van der Waals surface area (Å²) in [5.74, 6) is 1.82. The summed E-state index contributed by atoms with van der Waals surface area (Å²) in [5, 5.41) is 0. The highest BCUT2D eigenvalue weighted by atomic mass is 15.0. The molecule has 2 unspecified atom stereocenters. The van der Waals surface area contributed by atoms with Gasteiger partial charge in [-0.15, -0.1) is 0 Å². The molecule has 13 heavy (non-hydrogen) atoms. The molecule has 1 heterocycles. The Morgan fingerprint density at radius 1 is 1.62 bits per heavy atom. The third kappa shape index (κ3) is 1.75. The molecular formula is C10H17N3. The van der Waals surface area contributed by atoms with Gasteiger partial charge in [-0.25, -0.2) is 4.98 Å². The van der Waals surface area contributed by atoms with Crippen LogP contribution in [0.15, 0.2) is 12.4 Å². The summed E-state index contributed by atoms with van der Waals surface area (Å²) < 4.78 is 2.09. The number of imidazole rings is 1. The first-order valence-corrected chi connectivity index (χ1v) is 4.99. The van der Waals surface area contributed by atoms with Gasteiger partial charge >= 0.3 is 0 Å². The van der Waals surface area contributed by atoms with Gasteiger partial charge in [-0.05, 0) is 18.8 Å². The van der Waals surface area contributed by atoms with E-state index >= 15 is 0 Å². The zero-order valence-electron chi connectivity index (χ0n) is 8.11. The predicted octanol–water partition coefficient (Wildman–Crippen LogP) is 1.09. The van der Waals surface area contributed by atoms with Crippen LogP contribution in [0, 0.1) is 5.92 Å². The van der Waals surface area contributed by atoms with Crippen molar-refractivity contribution in [3.63, 3.8) is 0 Å². The number of aromatic nitrogens is 2. The maximum atomic E-state index is 6.01. The van der Waals surface area contributed by atoms with Crippen molar-refractivity contribution in [3.8, 4) is 0 Å². The molecule has 1 fully saturated rings. The lowest BCUT2D eigenvalue weighted by Crippen LogP contribution is -2.26. The Bertz CT molecular complexity index is 279. The van der Waals surface area contributed by atoms with Crippen LogP contribution >= 0.6 is 0 Å². The summed E-state index contributed by atoms with van der Waals surface area (Å²) in [7, 11) is 2.04. The quantitative estimate of drug-likeness (QED) is 0.738. The van der Waals surface area contributed by atoms with Crippen molar-refractivity contribution in [2.75, 3.05) is 0 Å². The van der Waals surface area contributed by atoms with Crippen LogP contribution in [-0.2, 0) is 13.5 Å². The average molecular weight is 179 g/mol. The van der Waals surface area contributed by atoms with Gasteiger partial charge in [0.25, 0.3) is 0 Å². The van der Waals surface area contributed by atoms with Crippen molar-refractivity contribution >= 4 is 0 Å². The first-order valence-electron chi connectivity index (χ1n) is 4.99. The van der Waals surface area contributed by atoms with Crippen LogP contribution in [0.3, 0.4) is 0 Å². The van der Waals surface area contributed by atoms with Crippen molar-refractivity contribution in [1.82, 2.24) is 9.55 Å². The molecule has 0 spiro atoms. The molecular weight excluding hydrogens is 162 g/mol. The molecule has 3 heteroatoms. The van der Waals surface area contributed by atoms with E-state index in [0.29, 0.717) is 12.0 Å².